The molecule has 3 atom stereocenters. The van der Waals surface area contributed by atoms with Gasteiger partial charge in [-0.05, 0) is 31.7 Å². The fourth-order valence-electron chi connectivity index (χ4n) is 2.82. The molecule has 0 aromatic carbocycles. The summed E-state index contributed by atoms with van der Waals surface area (Å²) < 4.78 is 4.57. The van der Waals surface area contributed by atoms with Crippen molar-refractivity contribution in [3.05, 3.63) is 0 Å². The van der Waals surface area contributed by atoms with Gasteiger partial charge in [0.2, 0.25) is 5.91 Å². The fourth-order valence-corrected chi connectivity index (χ4v) is 2.82. The van der Waals surface area contributed by atoms with Crippen LogP contribution < -0.4 is 10.6 Å². The Hall–Kier alpha value is -1.30. The number of likely N-dealkylation sites (tertiary alicyclic amines) is 1. The number of rotatable bonds is 2. The first-order valence-electron chi connectivity index (χ1n) is 6.96. The molecule has 2 N–H and O–H groups in total. The molecule has 0 aliphatic carbocycles. The van der Waals surface area contributed by atoms with E-state index >= 15 is 0 Å². The van der Waals surface area contributed by atoms with Gasteiger partial charge in [0, 0.05) is 13.1 Å². The monoisotopic (exact) mass is 269 g/mol. The standard InChI is InChI=1S/C13H23N3O3/c1-9-3-5-14-11(7-9)12(17)16-6-4-10(8-16)15-13(18)19-2/h9-11,14H,3-8H2,1-2H3,(H,15,18). The number of carbonyl (C=O) groups excluding carboxylic acids is 2. The first-order chi connectivity index (χ1) is 9.10. The van der Waals surface area contributed by atoms with Crippen molar-refractivity contribution in [3.8, 4) is 0 Å². The maximum Gasteiger partial charge on any atom is 0.407 e. The predicted octanol–water partition coefficient (Wildman–Crippen LogP) is 0.331. The molecule has 3 unspecified atom stereocenters. The summed E-state index contributed by atoms with van der Waals surface area (Å²) in [6.07, 6.45) is 2.41. The van der Waals surface area contributed by atoms with Gasteiger partial charge in [0.1, 0.15) is 0 Å². The zero-order valence-corrected chi connectivity index (χ0v) is 11.6. The molecule has 2 fully saturated rings. The second-order valence-corrected chi connectivity index (χ2v) is 5.54. The molecule has 0 aromatic rings. The molecule has 0 saturated carbocycles. The Morgan fingerprint density at radius 2 is 2.16 bits per heavy atom. The molecule has 2 amide bonds. The SMILES string of the molecule is COC(=O)NC1CCN(C(=O)C2CC(C)CCN2)C1. The number of alkyl carbamates (subject to hydrolysis) is 1. The third-order valence-electron chi connectivity index (χ3n) is 3.97. The summed E-state index contributed by atoms with van der Waals surface area (Å²) in [7, 11) is 1.35. The maximum absolute atomic E-state index is 12.4. The Morgan fingerprint density at radius 3 is 2.84 bits per heavy atom. The number of methoxy groups -OCH3 is 1. The molecule has 2 rings (SSSR count). The lowest BCUT2D eigenvalue weighted by atomic mass is 9.93. The highest BCUT2D eigenvalue weighted by Crippen LogP contribution is 2.19. The largest absolute Gasteiger partial charge is 0.453 e. The molecule has 108 valence electrons. The van der Waals surface area contributed by atoms with Crippen LogP contribution in [0.3, 0.4) is 0 Å². The number of piperidine rings is 1. The Balaban J connectivity index is 1.82. The highest BCUT2D eigenvalue weighted by atomic mass is 16.5. The van der Waals surface area contributed by atoms with E-state index in [9.17, 15) is 9.59 Å². The maximum atomic E-state index is 12.4. The van der Waals surface area contributed by atoms with E-state index in [-0.39, 0.29) is 18.0 Å². The van der Waals surface area contributed by atoms with Gasteiger partial charge in [-0.25, -0.2) is 4.79 Å². The Kier molecular flexibility index (Phi) is 4.63. The average molecular weight is 269 g/mol. The summed E-state index contributed by atoms with van der Waals surface area (Å²) in [4.78, 5) is 25.3. The lowest BCUT2D eigenvalue weighted by Crippen LogP contribution is -2.50. The molecule has 2 aliphatic heterocycles. The second kappa shape index (κ2) is 6.23. The third kappa shape index (κ3) is 3.59. The summed E-state index contributed by atoms with van der Waals surface area (Å²) in [6.45, 7) is 4.39. The fraction of sp³-hybridized carbons (Fsp3) is 0.846. The number of ether oxygens (including phenoxy) is 1. The van der Waals surface area contributed by atoms with Gasteiger partial charge in [0.25, 0.3) is 0 Å². The second-order valence-electron chi connectivity index (χ2n) is 5.54. The van der Waals surface area contributed by atoms with E-state index in [4.69, 9.17) is 0 Å². The lowest BCUT2D eigenvalue weighted by molar-refractivity contribution is -0.133. The number of nitrogens with one attached hydrogen (secondary N) is 2. The minimum atomic E-state index is -0.427. The van der Waals surface area contributed by atoms with Crippen LogP contribution in [0.15, 0.2) is 0 Å². The van der Waals surface area contributed by atoms with Crippen molar-refractivity contribution in [2.45, 2.75) is 38.3 Å². The number of amides is 2. The van der Waals surface area contributed by atoms with Crippen LogP contribution in [0.4, 0.5) is 4.79 Å². The minimum Gasteiger partial charge on any atom is -0.453 e. The quantitative estimate of drug-likeness (QED) is 0.758. The van der Waals surface area contributed by atoms with Gasteiger partial charge < -0.3 is 20.3 Å². The summed E-state index contributed by atoms with van der Waals surface area (Å²) in [5.74, 6) is 0.766. The van der Waals surface area contributed by atoms with Gasteiger partial charge in [-0.2, -0.15) is 0 Å². The van der Waals surface area contributed by atoms with Crippen LogP contribution in [-0.2, 0) is 9.53 Å². The zero-order chi connectivity index (χ0) is 13.8. The van der Waals surface area contributed by atoms with Gasteiger partial charge in [-0.15, -0.1) is 0 Å². The predicted molar refractivity (Wildman–Crippen MR) is 70.7 cm³/mol. The molecular formula is C13H23N3O3. The number of hydrogen-bond acceptors (Lipinski definition) is 4. The molecule has 2 aliphatic rings. The van der Waals surface area contributed by atoms with Crippen LogP contribution in [0.25, 0.3) is 0 Å². The van der Waals surface area contributed by atoms with Crippen LogP contribution in [0.5, 0.6) is 0 Å². The Bertz CT molecular complexity index is 348. The highest BCUT2D eigenvalue weighted by Gasteiger charge is 2.33. The zero-order valence-electron chi connectivity index (χ0n) is 11.6. The average Bonchev–Trinajstić information content (AvgIpc) is 2.86. The van der Waals surface area contributed by atoms with Crippen LogP contribution in [-0.4, -0.2) is 55.7 Å². The third-order valence-corrected chi connectivity index (χ3v) is 3.97. The van der Waals surface area contributed by atoms with Crippen LogP contribution in [0.2, 0.25) is 0 Å². The van der Waals surface area contributed by atoms with Crippen molar-refractivity contribution in [2.24, 2.45) is 5.92 Å². The first kappa shape index (κ1) is 14.1. The Labute approximate surface area is 113 Å². The smallest absolute Gasteiger partial charge is 0.407 e. The molecule has 2 heterocycles. The molecule has 19 heavy (non-hydrogen) atoms. The van der Waals surface area contributed by atoms with E-state index in [1.165, 1.54) is 7.11 Å². The van der Waals surface area contributed by atoms with E-state index in [0.717, 1.165) is 25.8 Å². The molecular weight excluding hydrogens is 246 g/mol. The first-order valence-corrected chi connectivity index (χ1v) is 6.96. The molecule has 2 saturated heterocycles. The van der Waals surface area contributed by atoms with Gasteiger partial charge >= 0.3 is 6.09 Å². The van der Waals surface area contributed by atoms with E-state index in [1.54, 1.807) is 0 Å². The highest BCUT2D eigenvalue weighted by molar-refractivity contribution is 5.82. The van der Waals surface area contributed by atoms with Crippen molar-refractivity contribution < 1.29 is 14.3 Å². The van der Waals surface area contributed by atoms with Gasteiger partial charge in [-0.1, -0.05) is 6.92 Å². The summed E-state index contributed by atoms with van der Waals surface area (Å²) in [5.41, 5.74) is 0. The molecule has 6 nitrogen and oxygen atoms in total. The van der Waals surface area contributed by atoms with Crippen molar-refractivity contribution in [1.29, 1.82) is 0 Å². The molecule has 6 heteroatoms. The van der Waals surface area contributed by atoms with Crippen molar-refractivity contribution >= 4 is 12.0 Å². The van der Waals surface area contributed by atoms with E-state index in [1.807, 2.05) is 4.90 Å². The molecule has 0 radical (unpaired) electrons. The summed E-state index contributed by atoms with van der Waals surface area (Å²) >= 11 is 0. The Morgan fingerprint density at radius 1 is 1.37 bits per heavy atom. The topological polar surface area (TPSA) is 70.7 Å². The van der Waals surface area contributed by atoms with E-state index in [0.29, 0.717) is 19.0 Å². The van der Waals surface area contributed by atoms with E-state index in [2.05, 4.69) is 22.3 Å². The number of carbonyl (C=O) groups is 2. The van der Waals surface area contributed by atoms with Crippen LogP contribution in [0, 0.1) is 5.92 Å². The van der Waals surface area contributed by atoms with Gasteiger partial charge in [-0.3, -0.25) is 4.79 Å². The molecule has 0 aromatic heterocycles. The summed E-state index contributed by atoms with van der Waals surface area (Å²) in [6, 6.07) is -0.0435. The van der Waals surface area contributed by atoms with Crippen molar-refractivity contribution in [3.63, 3.8) is 0 Å². The van der Waals surface area contributed by atoms with Crippen molar-refractivity contribution in [2.75, 3.05) is 26.7 Å². The summed E-state index contributed by atoms with van der Waals surface area (Å²) in [5, 5.41) is 6.04. The van der Waals surface area contributed by atoms with E-state index < -0.39 is 6.09 Å². The molecule has 0 bridgehead atoms. The normalized spacial score (nSPS) is 31.1. The minimum absolute atomic E-state index is 0.0115. The lowest BCUT2D eigenvalue weighted by Gasteiger charge is -2.30. The molecule has 0 spiro atoms. The number of hydrogen-bond donors (Lipinski definition) is 2. The number of nitrogens with zero attached hydrogens (tertiary/aromatic N) is 1. The van der Waals surface area contributed by atoms with Crippen LogP contribution in [0.1, 0.15) is 26.2 Å². The van der Waals surface area contributed by atoms with Gasteiger partial charge in [0.05, 0.1) is 19.2 Å². The van der Waals surface area contributed by atoms with Crippen molar-refractivity contribution in [1.82, 2.24) is 15.5 Å². The van der Waals surface area contributed by atoms with Gasteiger partial charge in [0.15, 0.2) is 0 Å². The van der Waals surface area contributed by atoms with Crippen LogP contribution >= 0.6 is 0 Å².